The Labute approximate surface area is 151 Å². The van der Waals surface area contributed by atoms with Gasteiger partial charge in [-0.1, -0.05) is 41.4 Å². The van der Waals surface area contributed by atoms with Crippen molar-refractivity contribution in [1.29, 1.82) is 0 Å². The van der Waals surface area contributed by atoms with E-state index in [0.29, 0.717) is 10.0 Å². The molecule has 0 heterocycles. The van der Waals surface area contributed by atoms with Gasteiger partial charge in [-0.3, -0.25) is 4.79 Å². The fraction of sp³-hybridized carbons (Fsp3) is 0.150. The quantitative estimate of drug-likeness (QED) is 0.676. The van der Waals surface area contributed by atoms with Gasteiger partial charge in [-0.2, -0.15) is 0 Å². The third-order valence-corrected chi connectivity index (χ3v) is 4.73. The lowest BCUT2D eigenvalue weighted by Crippen LogP contribution is -2.12. The topological polar surface area (TPSA) is 37.3 Å². The molecule has 2 nitrogen and oxygen atoms in total. The Kier molecular flexibility index (Phi) is 5.08. The first-order chi connectivity index (χ1) is 11.5. The highest BCUT2D eigenvalue weighted by Crippen LogP contribution is 2.30. The predicted octanol–water partition coefficient (Wildman–Crippen LogP) is 5.92. The van der Waals surface area contributed by atoms with Gasteiger partial charge in [0.2, 0.25) is 0 Å². The van der Waals surface area contributed by atoms with E-state index in [0.717, 1.165) is 41.5 Å². The largest absolute Gasteiger partial charge is 0.508 e. The molecule has 1 N–H and O–H groups in total. The standard InChI is InChI=1S/C20H16Cl2O2/c21-18-9-6-14(12-19(18)22)11-16-3-1-2-15(20(16)24)10-13-4-7-17(23)8-5-13/h4-12,23H,1-3H2/b15-10-,16-11-. The van der Waals surface area contributed by atoms with E-state index in [-0.39, 0.29) is 11.5 Å². The SMILES string of the molecule is O=C1/C(=C\c2ccc(O)cc2)CCC/C1=C/c1ccc(Cl)c(Cl)c1. The third kappa shape index (κ3) is 3.89. The number of carbonyl (C=O) groups excluding carboxylic acids is 1. The Bertz CT molecular complexity index is 833. The van der Waals surface area contributed by atoms with Crippen LogP contribution in [0.4, 0.5) is 0 Å². The fourth-order valence-corrected chi connectivity index (χ4v) is 3.06. The van der Waals surface area contributed by atoms with Crippen LogP contribution in [0.15, 0.2) is 53.6 Å². The summed E-state index contributed by atoms with van der Waals surface area (Å²) in [7, 11) is 0. The lowest BCUT2D eigenvalue weighted by molar-refractivity contribution is -0.112. The van der Waals surface area contributed by atoms with Crippen molar-refractivity contribution < 1.29 is 9.90 Å². The molecule has 0 spiro atoms. The van der Waals surface area contributed by atoms with E-state index < -0.39 is 0 Å². The first-order valence-electron chi connectivity index (χ1n) is 7.73. The summed E-state index contributed by atoms with van der Waals surface area (Å²) in [5.41, 5.74) is 3.36. The number of hydrogen-bond donors (Lipinski definition) is 1. The van der Waals surface area contributed by atoms with Crippen LogP contribution in [-0.4, -0.2) is 10.9 Å². The summed E-state index contributed by atoms with van der Waals surface area (Å²) in [5, 5.41) is 10.3. The normalized spacial score (nSPS) is 18.3. The van der Waals surface area contributed by atoms with E-state index in [2.05, 4.69) is 0 Å². The minimum Gasteiger partial charge on any atom is -0.508 e. The Morgan fingerprint density at radius 2 is 1.42 bits per heavy atom. The van der Waals surface area contributed by atoms with E-state index in [1.165, 1.54) is 0 Å². The summed E-state index contributed by atoms with van der Waals surface area (Å²) in [6.45, 7) is 0. The fourth-order valence-electron chi connectivity index (χ4n) is 2.75. The second kappa shape index (κ2) is 7.25. The van der Waals surface area contributed by atoms with E-state index in [4.69, 9.17) is 23.2 Å². The van der Waals surface area contributed by atoms with Gasteiger partial charge < -0.3 is 5.11 Å². The molecular weight excluding hydrogens is 343 g/mol. The van der Waals surface area contributed by atoms with Crippen molar-refractivity contribution in [3.63, 3.8) is 0 Å². The van der Waals surface area contributed by atoms with Gasteiger partial charge in [-0.15, -0.1) is 0 Å². The average Bonchev–Trinajstić information content (AvgIpc) is 2.57. The van der Waals surface area contributed by atoms with Gasteiger partial charge in [0.15, 0.2) is 5.78 Å². The van der Waals surface area contributed by atoms with Gasteiger partial charge >= 0.3 is 0 Å². The molecule has 0 bridgehead atoms. The number of allylic oxidation sites excluding steroid dienone is 2. The van der Waals surface area contributed by atoms with Crippen LogP contribution in [0.3, 0.4) is 0 Å². The zero-order valence-corrected chi connectivity index (χ0v) is 14.4. The number of hydrogen-bond acceptors (Lipinski definition) is 2. The van der Waals surface area contributed by atoms with Crippen molar-refractivity contribution in [3.05, 3.63) is 74.8 Å². The Morgan fingerprint density at radius 1 is 0.833 bits per heavy atom. The van der Waals surface area contributed by atoms with Gasteiger partial charge in [0.05, 0.1) is 10.0 Å². The average molecular weight is 359 g/mol. The van der Waals surface area contributed by atoms with Gasteiger partial charge in [0.1, 0.15) is 5.75 Å². The maximum atomic E-state index is 12.7. The van der Waals surface area contributed by atoms with E-state index in [9.17, 15) is 9.90 Å². The maximum absolute atomic E-state index is 12.7. The monoisotopic (exact) mass is 358 g/mol. The molecule has 0 saturated heterocycles. The Hall–Kier alpha value is -2.03. The number of benzene rings is 2. The van der Waals surface area contributed by atoms with Crippen LogP contribution in [0, 0.1) is 0 Å². The van der Waals surface area contributed by atoms with Crippen molar-refractivity contribution in [2.24, 2.45) is 0 Å². The highest BCUT2D eigenvalue weighted by Gasteiger charge is 2.20. The number of phenols is 1. The number of halogens is 2. The molecule has 1 aliphatic rings. The van der Waals surface area contributed by atoms with Crippen LogP contribution in [-0.2, 0) is 4.79 Å². The summed E-state index contributed by atoms with van der Waals surface area (Å²) in [5.74, 6) is 0.285. The summed E-state index contributed by atoms with van der Waals surface area (Å²) >= 11 is 12.0. The lowest BCUT2D eigenvalue weighted by Gasteiger charge is -2.16. The van der Waals surface area contributed by atoms with Crippen molar-refractivity contribution >= 4 is 41.1 Å². The summed E-state index contributed by atoms with van der Waals surface area (Å²) < 4.78 is 0. The molecule has 24 heavy (non-hydrogen) atoms. The predicted molar refractivity (Wildman–Crippen MR) is 99.4 cm³/mol. The second-order valence-corrected chi connectivity index (χ2v) is 6.60. The summed E-state index contributed by atoms with van der Waals surface area (Å²) in [4.78, 5) is 12.7. The minimum absolute atomic E-state index is 0.0698. The summed E-state index contributed by atoms with van der Waals surface area (Å²) in [6, 6.07) is 12.2. The zero-order chi connectivity index (χ0) is 17.1. The number of carbonyl (C=O) groups is 1. The first kappa shape index (κ1) is 16.8. The van der Waals surface area contributed by atoms with Crippen molar-refractivity contribution in [2.75, 3.05) is 0 Å². The van der Waals surface area contributed by atoms with Crippen LogP contribution in [0.2, 0.25) is 10.0 Å². The number of phenolic OH excluding ortho intramolecular Hbond substituents is 1. The molecule has 4 heteroatoms. The van der Waals surface area contributed by atoms with Gasteiger partial charge in [-0.25, -0.2) is 0 Å². The van der Waals surface area contributed by atoms with Gasteiger partial charge in [0.25, 0.3) is 0 Å². The molecule has 0 aliphatic heterocycles. The highest BCUT2D eigenvalue weighted by atomic mass is 35.5. The van der Waals surface area contributed by atoms with Crippen molar-refractivity contribution in [1.82, 2.24) is 0 Å². The summed E-state index contributed by atoms with van der Waals surface area (Å²) in [6.07, 6.45) is 6.23. The molecule has 122 valence electrons. The molecule has 2 aromatic carbocycles. The van der Waals surface area contributed by atoms with Gasteiger partial charge in [-0.05, 0) is 66.8 Å². The minimum atomic E-state index is 0.0698. The molecule has 2 aromatic rings. The number of aromatic hydroxyl groups is 1. The molecule has 0 aromatic heterocycles. The van der Waals surface area contributed by atoms with E-state index in [1.807, 2.05) is 18.2 Å². The lowest BCUT2D eigenvalue weighted by atomic mass is 9.87. The molecule has 1 saturated carbocycles. The Balaban J connectivity index is 1.88. The first-order valence-corrected chi connectivity index (χ1v) is 8.48. The van der Waals surface area contributed by atoms with Crippen LogP contribution >= 0.6 is 23.2 Å². The van der Waals surface area contributed by atoms with Crippen molar-refractivity contribution in [3.8, 4) is 5.75 Å². The molecule has 0 radical (unpaired) electrons. The number of rotatable bonds is 2. The maximum Gasteiger partial charge on any atom is 0.185 e. The Morgan fingerprint density at radius 3 is 2.04 bits per heavy atom. The highest BCUT2D eigenvalue weighted by molar-refractivity contribution is 6.42. The number of Topliss-reactive ketones (excluding diaryl/α,β-unsaturated/α-hetero) is 1. The molecular formula is C20H16Cl2O2. The molecule has 0 amide bonds. The molecule has 0 unspecified atom stereocenters. The molecule has 1 aliphatic carbocycles. The molecule has 3 rings (SSSR count). The van der Waals surface area contributed by atoms with Crippen LogP contribution in [0.1, 0.15) is 30.4 Å². The van der Waals surface area contributed by atoms with Gasteiger partial charge in [0, 0.05) is 11.1 Å². The third-order valence-electron chi connectivity index (χ3n) is 3.99. The number of ketones is 1. The second-order valence-electron chi connectivity index (χ2n) is 5.79. The van der Waals surface area contributed by atoms with E-state index in [1.54, 1.807) is 36.4 Å². The van der Waals surface area contributed by atoms with Crippen LogP contribution in [0.5, 0.6) is 5.75 Å². The van der Waals surface area contributed by atoms with E-state index >= 15 is 0 Å². The van der Waals surface area contributed by atoms with Crippen LogP contribution in [0.25, 0.3) is 12.2 Å². The molecule has 1 fully saturated rings. The molecule has 0 atom stereocenters. The zero-order valence-electron chi connectivity index (χ0n) is 12.9. The van der Waals surface area contributed by atoms with Crippen LogP contribution < -0.4 is 0 Å². The smallest absolute Gasteiger partial charge is 0.185 e. The van der Waals surface area contributed by atoms with Crippen molar-refractivity contribution in [2.45, 2.75) is 19.3 Å².